The standard InChI is InChI=1S/C17H26N2O/c1-3-13(2)19-17(20)10-11-18-12-15-6-4-5-7-16(15)14-8-9-14/h4-7,13-14,18H,3,8-12H2,1-2H3,(H,19,20). The quantitative estimate of drug-likeness (QED) is 0.716. The largest absolute Gasteiger partial charge is 0.354 e. The van der Waals surface area contributed by atoms with Gasteiger partial charge in [-0.25, -0.2) is 0 Å². The van der Waals surface area contributed by atoms with Crippen LogP contribution in [0.2, 0.25) is 0 Å². The van der Waals surface area contributed by atoms with Gasteiger partial charge in [-0.2, -0.15) is 0 Å². The Morgan fingerprint density at radius 2 is 2.10 bits per heavy atom. The Labute approximate surface area is 122 Å². The molecule has 1 aromatic carbocycles. The Morgan fingerprint density at radius 3 is 2.80 bits per heavy atom. The van der Waals surface area contributed by atoms with Gasteiger partial charge in [0, 0.05) is 25.6 Å². The average Bonchev–Trinajstić information content (AvgIpc) is 3.28. The van der Waals surface area contributed by atoms with E-state index in [4.69, 9.17) is 0 Å². The van der Waals surface area contributed by atoms with Crippen LogP contribution in [0.4, 0.5) is 0 Å². The Bertz CT molecular complexity index is 440. The van der Waals surface area contributed by atoms with Crippen molar-refractivity contribution in [2.45, 2.75) is 58.0 Å². The topological polar surface area (TPSA) is 41.1 Å². The summed E-state index contributed by atoms with van der Waals surface area (Å²) < 4.78 is 0. The lowest BCUT2D eigenvalue weighted by Crippen LogP contribution is -2.33. The number of hydrogen-bond donors (Lipinski definition) is 2. The summed E-state index contributed by atoms with van der Waals surface area (Å²) in [6.07, 6.45) is 4.19. The molecule has 1 unspecified atom stereocenters. The highest BCUT2D eigenvalue weighted by Gasteiger charge is 2.25. The lowest BCUT2D eigenvalue weighted by molar-refractivity contribution is -0.121. The molecule has 1 aliphatic rings. The summed E-state index contributed by atoms with van der Waals surface area (Å²) in [6.45, 7) is 5.72. The van der Waals surface area contributed by atoms with Gasteiger partial charge in [-0.15, -0.1) is 0 Å². The molecule has 1 amide bonds. The number of carbonyl (C=O) groups is 1. The minimum Gasteiger partial charge on any atom is -0.354 e. The molecular formula is C17H26N2O. The van der Waals surface area contributed by atoms with Crippen molar-refractivity contribution < 1.29 is 4.79 Å². The van der Waals surface area contributed by atoms with E-state index in [-0.39, 0.29) is 11.9 Å². The number of benzene rings is 1. The maximum absolute atomic E-state index is 11.7. The fourth-order valence-electron chi connectivity index (χ4n) is 2.36. The molecule has 0 bridgehead atoms. The zero-order valence-corrected chi connectivity index (χ0v) is 12.6. The molecular weight excluding hydrogens is 248 g/mol. The Hall–Kier alpha value is -1.35. The lowest BCUT2D eigenvalue weighted by Gasteiger charge is -2.12. The number of nitrogens with one attached hydrogen (secondary N) is 2. The van der Waals surface area contributed by atoms with Crippen molar-refractivity contribution in [1.82, 2.24) is 10.6 Å². The van der Waals surface area contributed by atoms with E-state index in [0.717, 1.165) is 25.4 Å². The van der Waals surface area contributed by atoms with Crippen LogP contribution >= 0.6 is 0 Å². The van der Waals surface area contributed by atoms with E-state index >= 15 is 0 Å². The van der Waals surface area contributed by atoms with Gasteiger partial charge in [0.1, 0.15) is 0 Å². The molecule has 1 aliphatic carbocycles. The molecule has 0 aliphatic heterocycles. The van der Waals surface area contributed by atoms with Crippen molar-refractivity contribution in [2.24, 2.45) is 0 Å². The van der Waals surface area contributed by atoms with Crippen molar-refractivity contribution in [3.8, 4) is 0 Å². The molecule has 1 aromatic rings. The summed E-state index contributed by atoms with van der Waals surface area (Å²) in [5.74, 6) is 0.920. The van der Waals surface area contributed by atoms with Crippen LogP contribution < -0.4 is 10.6 Å². The van der Waals surface area contributed by atoms with E-state index in [1.807, 2.05) is 6.92 Å². The Morgan fingerprint density at radius 1 is 1.35 bits per heavy atom. The first-order valence-corrected chi connectivity index (χ1v) is 7.78. The average molecular weight is 274 g/mol. The van der Waals surface area contributed by atoms with Gasteiger partial charge < -0.3 is 10.6 Å². The first kappa shape index (κ1) is 15.0. The molecule has 1 atom stereocenters. The molecule has 0 spiro atoms. The van der Waals surface area contributed by atoms with Gasteiger partial charge in [-0.3, -0.25) is 4.79 Å². The fraction of sp³-hybridized carbons (Fsp3) is 0.588. The summed E-state index contributed by atoms with van der Waals surface area (Å²) in [5.41, 5.74) is 2.88. The first-order chi connectivity index (χ1) is 9.70. The van der Waals surface area contributed by atoms with Gasteiger partial charge in [-0.05, 0) is 43.2 Å². The normalized spacial score (nSPS) is 15.9. The van der Waals surface area contributed by atoms with Crippen LogP contribution in [0.5, 0.6) is 0 Å². The van der Waals surface area contributed by atoms with Crippen molar-refractivity contribution in [3.63, 3.8) is 0 Å². The maximum Gasteiger partial charge on any atom is 0.221 e. The van der Waals surface area contributed by atoms with Crippen LogP contribution in [0, 0.1) is 0 Å². The van der Waals surface area contributed by atoms with Crippen LogP contribution in [-0.2, 0) is 11.3 Å². The fourth-order valence-corrected chi connectivity index (χ4v) is 2.36. The second kappa shape index (κ2) is 7.44. The number of carbonyl (C=O) groups excluding carboxylic acids is 1. The maximum atomic E-state index is 11.7. The third-order valence-corrected chi connectivity index (χ3v) is 3.94. The molecule has 0 heterocycles. The van der Waals surface area contributed by atoms with Crippen molar-refractivity contribution >= 4 is 5.91 Å². The summed E-state index contributed by atoms with van der Waals surface area (Å²) in [7, 11) is 0. The Balaban J connectivity index is 1.70. The molecule has 2 rings (SSSR count). The third kappa shape index (κ3) is 4.64. The predicted molar refractivity (Wildman–Crippen MR) is 82.6 cm³/mol. The highest BCUT2D eigenvalue weighted by Crippen LogP contribution is 2.41. The second-order valence-corrected chi connectivity index (χ2v) is 5.78. The van der Waals surface area contributed by atoms with Crippen molar-refractivity contribution in [1.29, 1.82) is 0 Å². The Kier molecular flexibility index (Phi) is 5.60. The van der Waals surface area contributed by atoms with Crippen LogP contribution in [0.3, 0.4) is 0 Å². The molecule has 1 saturated carbocycles. The van der Waals surface area contributed by atoms with Crippen LogP contribution in [0.15, 0.2) is 24.3 Å². The molecule has 20 heavy (non-hydrogen) atoms. The summed E-state index contributed by atoms with van der Waals surface area (Å²) in [5, 5.41) is 6.37. The van der Waals surface area contributed by atoms with Gasteiger partial charge in [0.15, 0.2) is 0 Å². The molecule has 0 saturated heterocycles. The summed E-state index contributed by atoms with van der Waals surface area (Å²) in [4.78, 5) is 11.7. The summed E-state index contributed by atoms with van der Waals surface area (Å²) in [6, 6.07) is 8.93. The third-order valence-electron chi connectivity index (χ3n) is 3.94. The van der Waals surface area contributed by atoms with Crippen molar-refractivity contribution in [3.05, 3.63) is 35.4 Å². The van der Waals surface area contributed by atoms with Gasteiger partial charge in [-0.1, -0.05) is 31.2 Å². The van der Waals surface area contributed by atoms with Crippen molar-refractivity contribution in [2.75, 3.05) is 6.54 Å². The van der Waals surface area contributed by atoms with Gasteiger partial charge in [0.2, 0.25) is 5.91 Å². The molecule has 1 fully saturated rings. The van der Waals surface area contributed by atoms with Crippen LogP contribution in [0.1, 0.15) is 56.6 Å². The smallest absolute Gasteiger partial charge is 0.221 e. The first-order valence-electron chi connectivity index (χ1n) is 7.78. The van der Waals surface area contributed by atoms with E-state index in [2.05, 4.69) is 41.8 Å². The van der Waals surface area contributed by atoms with Gasteiger partial charge in [0.05, 0.1) is 0 Å². The zero-order valence-electron chi connectivity index (χ0n) is 12.6. The number of rotatable bonds is 8. The molecule has 0 aromatic heterocycles. The molecule has 2 N–H and O–H groups in total. The number of hydrogen-bond acceptors (Lipinski definition) is 2. The summed E-state index contributed by atoms with van der Waals surface area (Å²) >= 11 is 0. The highest BCUT2D eigenvalue weighted by atomic mass is 16.1. The van der Waals surface area contributed by atoms with E-state index in [9.17, 15) is 4.79 Å². The number of amides is 1. The molecule has 3 heteroatoms. The molecule has 0 radical (unpaired) electrons. The second-order valence-electron chi connectivity index (χ2n) is 5.78. The highest BCUT2D eigenvalue weighted by molar-refractivity contribution is 5.76. The lowest BCUT2D eigenvalue weighted by atomic mass is 10.0. The van der Waals surface area contributed by atoms with E-state index in [1.165, 1.54) is 24.0 Å². The SMILES string of the molecule is CCC(C)NC(=O)CCNCc1ccccc1C1CC1. The monoisotopic (exact) mass is 274 g/mol. The minimum atomic E-state index is 0.141. The predicted octanol–water partition coefficient (Wildman–Crippen LogP) is 2.96. The van der Waals surface area contributed by atoms with Crippen LogP contribution in [0.25, 0.3) is 0 Å². The van der Waals surface area contributed by atoms with E-state index in [1.54, 1.807) is 0 Å². The minimum absolute atomic E-state index is 0.141. The van der Waals surface area contributed by atoms with E-state index in [0.29, 0.717) is 6.42 Å². The van der Waals surface area contributed by atoms with Crippen LogP contribution in [-0.4, -0.2) is 18.5 Å². The van der Waals surface area contributed by atoms with Gasteiger partial charge in [0.25, 0.3) is 0 Å². The van der Waals surface area contributed by atoms with Gasteiger partial charge >= 0.3 is 0 Å². The van der Waals surface area contributed by atoms with E-state index < -0.39 is 0 Å². The molecule has 110 valence electrons. The molecule has 3 nitrogen and oxygen atoms in total. The zero-order chi connectivity index (χ0) is 14.4.